The van der Waals surface area contributed by atoms with Gasteiger partial charge in [0.1, 0.15) is 5.60 Å². The SMILES string of the molecule is NC(CCC1NCCN1)c1ccc(C(=O)N2CCN(C(=O)C3(O)CCC3)CC2)cc1. The molecule has 3 aliphatic rings. The molecule has 8 heteroatoms. The highest BCUT2D eigenvalue weighted by Gasteiger charge is 2.45. The number of aliphatic hydroxyl groups is 1. The summed E-state index contributed by atoms with van der Waals surface area (Å²) in [5.41, 5.74) is 6.84. The van der Waals surface area contributed by atoms with Gasteiger partial charge in [0.25, 0.3) is 11.8 Å². The van der Waals surface area contributed by atoms with E-state index in [0.29, 0.717) is 50.7 Å². The topological polar surface area (TPSA) is 111 Å². The summed E-state index contributed by atoms with van der Waals surface area (Å²) in [7, 11) is 0. The molecule has 3 fully saturated rings. The number of hydrogen-bond donors (Lipinski definition) is 4. The largest absolute Gasteiger partial charge is 0.380 e. The van der Waals surface area contributed by atoms with Crippen molar-refractivity contribution in [1.29, 1.82) is 0 Å². The van der Waals surface area contributed by atoms with Gasteiger partial charge in [0.05, 0.1) is 6.17 Å². The minimum atomic E-state index is -1.16. The van der Waals surface area contributed by atoms with E-state index < -0.39 is 5.60 Å². The lowest BCUT2D eigenvalue weighted by Crippen LogP contribution is -2.58. The third kappa shape index (κ3) is 4.51. The highest BCUT2D eigenvalue weighted by atomic mass is 16.3. The molecular formula is C22H33N5O3. The maximum Gasteiger partial charge on any atom is 0.254 e. The van der Waals surface area contributed by atoms with Gasteiger partial charge < -0.3 is 31.3 Å². The third-order valence-electron chi connectivity index (χ3n) is 6.69. The van der Waals surface area contributed by atoms with Gasteiger partial charge in [-0.3, -0.25) is 9.59 Å². The highest BCUT2D eigenvalue weighted by Crippen LogP contribution is 2.33. The van der Waals surface area contributed by atoms with Crippen molar-refractivity contribution < 1.29 is 14.7 Å². The summed E-state index contributed by atoms with van der Waals surface area (Å²) in [6.07, 6.45) is 4.18. The van der Waals surface area contributed by atoms with Gasteiger partial charge in [0.2, 0.25) is 0 Å². The minimum Gasteiger partial charge on any atom is -0.380 e. The van der Waals surface area contributed by atoms with Crippen LogP contribution in [-0.2, 0) is 4.79 Å². The number of carbonyl (C=O) groups excluding carboxylic acids is 2. The van der Waals surface area contributed by atoms with Gasteiger partial charge in [-0.2, -0.15) is 0 Å². The Hall–Kier alpha value is -2.00. The molecule has 2 saturated heterocycles. The predicted octanol–water partition coefficient (Wildman–Crippen LogP) is 0.185. The predicted molar refractivity (Wildman–Crippen MR) is 114 cm³/mol. The summed E-state index contributed by atoms with van der Waals surface area (Å²) in [5.74, 6) is -0.203. The number of nitrogens with zero attached hydrogens (tertiary/aromatic N) is 2. The molecule has 2 aliphatic heterocycles. The van der Waals surface area contributed by atoms with Crippen LogP contribution in [0.25, 0.3) is 0 Å². The van der Waals surface area contributed by atoms with E-state index in [-0.39, 0.29) is 17.9 Å². The lowest BCUT2D eigenvalue weighted by molar-refractivity contribution is -0.161. The molecule has 0 aromatic heterocycles. The molecule has 1 unspecified atom stereocenters. The van der Waals surface area contributed by atoms with E-state index in [4.69, 9.17) is 5.73 Å². The standard InChI is InChI=1S/C22H33N5O3/c23-18(6-7-19-24-10-11-25-19)16-2-4-17(5-3-16)20(28)26-12-14-27(15-13-26)21(29)22(30)8-1-9-22/h2-5,18-19,24-25,30H,1,6-15,23H2. The fourth-order valence-corrected chi connectivity index (χ4v) is 4.47. The van der Waals surface area contributed by atoms with Crippen molar-refractivity contribution in [2.75, 3.05) is 39.3 Å². The van der Waals surface area contributed by atoms with Crippen LogP contribution in [0.1, 0.15) is 54.1 Å². The van der Waals surface area contributed by atoms with Crippen LogP contribution in [0.15, 0.2) is 24.3 Å². The van der Waals surface area contributed by atoms with Gasteiger partial charge in [-0.1, -0.05) is 12.1 Å². The Kier molecular flexibility index (Phi) is 6.38. The quantitative estimate of drug-likeness (QED) is 0.528. The van der Waals surface area contributed by atoms with Crippen molar-refractivity contribution in [3.05, 3.63) is 35.4 Å². The molecule has 30 heavy (non-hydrogen) atoms. The molecule has 1 aromatic carbocycles. The zero-order valence-corrected chi connectivity index (χ0v) is 17.5. The minimum absolute atomic E-state index is 0.0241. The first-order valence-electron chi connectivity index (χ1n) is 11.1. The van der Waals surface area contributed by atoms with Crippen LogP contribution in [0, 0.1) is 0 Å². The summed E-state index contributed by atoms with van der Waals surface area (Å²) in [4.78, 5) is 28.8. The van der Waals surface area contributed by atoms with E-state index in [1.165, 1.54) is 0 Å². The number of hydrogen-bond acceptors (Lipinski definition) is 6. The van der Waals surface area contributed by atoms with Crippen LogP contribution in [0.3, 0.4) is 0 Å². The molecule has 2 amide bonds. The summed E-state index contributed by atoms with van der Waals surface area (Å²) in [5, 5.41) is 17.1. The van der Waals surface area contributed by atoms with E-state index in [1.54, 1.807) is 9.80 Å². The Morgan fingerprint density at radius 1 is 1.07 bits per heavy atom. The molecule has 0 radical (unpaired) electrons. The fourth-order valence-electron chi connectivity index (χ4n) is 4.47. The maximum absolute atomic E-state index is 12.8. The van der Waals surface area contributed by atoms with E-state index in [2.05, 4.69) is 10.6 Å². The molecule has 4 rings (SSSR count). The van der Waals surface area contributed by atoms with E-state index in [1.807, 2.05) is 24.3 Å². The number of benzene rings is 1. The molecule has 2 heterocycles. The first-order chi connectivity index (χ1) is 14.5. The number of amides is 2. The Labute approximate surface area is 177 Å². The summed E-state index contributed by atoms with van der Waals surface area (Å²) < 4.78 is 0. The average Bonchev–Trinajstić information content (AvgIpc) is 3.29. The Morgan fingerprint density at radius 3 is 2.23 bits per heavy atom. The second kappa shape index (κ2) is 9.01. The molecule has 0 bridgehead atoms. The summed E-state index contributed by atoms with van der Waals surface area (Å²) >= 11 is 0. The fraction of sp³-hybridized carbons (Fsp3) is 0.636. The van der Waals surface area contributed by atoms with Gasteiger partial charge in [-0.25, -0.2) is 0 Å². The molecule has 1 aliphatic carbocycles. The number of nitrogens with one attached hydrogen (secondary N) is 2. The molecule has 5 N–H and O–H groups in total. The van der Waals surface area contributed by atoms with Crippen LogP contribution >= 0.6 is 0 Å². The molecule has 1 atom stereocenters. The number of rotatable bonds is 6. The van der Waals surface area contributed by atoms with Crippen molar-refractivity contribution in [1.82, 2.24) is 20.4 Å². The molecule has 1 saturated carbocycles. The molecule has 164 valence electrons. The van der Waals surface area contributed by atoms with E-state index >= 15 is 0 Å². The van der Waals surface area contributed by atoms with Gasteiger partial charge in [0, 0.05) is 50.9 Å². The van der Waals surface area contributed by atoms with Gasteiger partial charge in [0.15, 0.2) is 0 Å². The lowest BCUT2D eigenvalue weighted by Gasteiger charge is -2.42. The van der Waals surface area contributed by atoms with Crippen molar-refractivity contribution in [3.63, 3.8) is 0 Å². The normalized spacial score (nSPS) is 22.6. The first-order valence-corrected chi connectivity index (χ1v) is 11.1. The molecule has 1 aromatic rings. The van der Waals surface area contributed by atoms with Crippen molar-refractivity contribution >= 4 is 11.8 Å². The second-order valence-corrected chi connectivity index (χ2v) is 8.74. The zero-order valence-electron chi connectivity index (χ0n) is 17.5. The van der Waals surface area contributed by atoms with Crippen molar-refractivity contribution in [2.24, 2.45) is 5.73 Å². The molecule has 8 nitrogen and oxygen atoms in total. The maximum atomic E-state index is 12.8. The third-order valence-corrected chi connectivity index (χ3v) is 6.69. The highest BCUT2D eigenvalue weighted by molar-refractivity contribution is 5.94. The van der Waals surface area contributed by atoms with Crippen molar-refractivity contribution in [3.8, 4) is 0 Å². The van der Waals surface area contributed by atoms with Crippen LogP contribution < -0.4 is 16.4 Å². The van der Waals surface area contributed by atoms with Crippen LogP contribution in [0.4, 0.5) is 0 Å². The van der Waals surface area contributed by atoms with Crippen LogP contribution in [0.2, 0.25) is 0 Å². The lowest BCUT2D eigenvalue weighted by atomic mass is 9.79. The Bertz CT molecular complexity index is 751. The van der Waals surface area contributed by atoms with Crippen LogP contribution in [0.5, 0.6) is 0 Å². The zero-order chi connectivity index (χ0) is 21.1. The second-order valence-electron chi connectivity index (χ2n) is 8.74. The summed E-state index contributed by atoms with van der Waals surface area (Å²) in [6.45, 7) is 3.92. The Balaban J connectivity index is 1.27. The first kappa shape index (κ1) is 21.2. The van der Waals surface area contributed by atoms with Crippen molar-refractivity contribution in [2.45, 2.75) is 49.9 Å². The number of nitrogens with two attached hydrogens (primary N) is 1. The van der Waals surface area contributed by atoms with E-state index in [0.717, 1.165) is 37.9 Å². The number of piperazine rings is 1. The van der Waals surface area contributed by atoms with E-state index in [9.17, 15) is 14.7 Å². The Morgan fingerprint density at radius 2 is 1.67 bits per heavy atom. The van der Waals surface area contributed by atoms with Gasteiger partial charge >= 0.3 is 0 Å². The van der Waals surface area contributed by atoms with Gasteiger partial charge in [-0.05, 0) is 49.8 Å². The van der Waals surface area contributed by atoms with Crippen LogP contribution in [-0.4, -0.2) is 77.8 Å². The summed E-state index contributed by atoms with van der Waals surface area (Å²) in [6, 6.07) is 7.53. The van der Waals surface area contributed by atoms with Gasteiger partial charge in [-0.15, -0.1) is 0 Å². The molecule has 0 spiro atoms. The monoisotopic (exact) mass is 415 g/mol. The number of carbonyl (C=O) groups is 2. The molecular weight excluding hydrogens is 382 g/mol. The smallest absolute Gasteiger partial charge is 0.254 e. The average molecular weight is 416 g/mol.